The third-order valence-corrected chi connectivity index (χ3v) is 5.52. The van der Waals surface area contributed by atoms with Crippen molar-refractivity contribution in [2.24, 2.45) is 5.41 Å². The summed E-state index contributed by atoms with van der Waals surface area (Å²) in [4.78, 5) is 7.94. The Labute approximate surface area is 126 Å². The van der Waals surface area contributed by atoms with E-state index in [4.69, 9.17) is 4.74 Å². The molecule has 21 heavy (non-hydrogen) atoms. The summed E-state index contributed by atoms with van der Waals surface area (Å²) in [7, 11) is 0. The highest BCUT2D eigenvalue weighted by molar-refractivity contribution is 5.79. The fraction of sp³-hybridized carbons (Fsp3) is 0.611. The van der Waals surface area contributed by atoms with Crippen molar-refractivity contribution in [1.82, 2.24) is 9.97 Å². The predicted molar refractivity (Wildman–Crippen MR) is 84.4 cm³/mol. The maximum atomic E-state index is 6.01. The Hall–Kier alpha value is -1.35. The van der Waals surface area contributed by atoms with Crippen LogP contribution in [-0.2, 0) is 4.74 Å². The number of H-pyrrole nitrogens is 1. The molecular formula is C18H24N2O. The first kappa shape index (κ1) is 13.3. The molecule has 1 spiro atoms. The van der Waals surface area contributed by atoms with Crippen molar-refractivity contribution in [2.45, 2.75) is 57.5 Å². The van der Waals surface area contributed by atoms with Gasteiger partial charge >= 0.3 is 0 Å². The van der Waals surface area contributed by atoms with Crippen LogP contribution in [0.3, 0.4) is 0 Å². The molecule has 1 saturated carbocycles. The van der Waals surface area contributed by atoms with Crippen molar-refractivity contribution >= 4 is 11.0 Å². The van der Waals surface area contributed by atoms with E-state index in [-0.39, 0.29) is 5.60 Å². The van der Waals surface area contributed by atoms with Gasteiger partial charge in [0.25, 0.3) is 0 Å². The van der Waals surface area contributed by atoms with E-state index in [9.17, 15) is 0 Å². The van der Waals surface area contributed by atoms with E-state index < -0.39 is 0 Å². The van der Waals surface area contributed by atoms with Gasteiger partial charge in [-0.25, -0.2) is 0 Å². The number of hydrogen-bond acceptors (Lipinski definition) is 2. The van der Waals surface area contributed by atoms with Gasteiger partial charge in [0, 0.05) is 12.4 Å². The Kier molecular flexibility index (Phi) is 2.90. The van der Waals surface area contributed by atoms with Gasteiger partial charge in [-0.15, -0.1) is 0 Å². The lowest BCUT2D eigenvalue weighted by molar-refractivity contribution is 0.0281. The lowest BCUT2D eigenvalue weighted by atomic mass is 9.67. The van der Waals surface area contributed by atoms with E-state index in [1.165, 1.54) is 43.2 Å². The Morgan fingerprint density at radius 3 is 2.81 bits per heavy atom. The van der Waals surface area contributed by atoms with Crippen LogP contribution in [-0.4, -0.2) is 22.2 Å². The Morgan fingerprint density at radius 1 is 1.29 bits per heavy atom. The van der Waals surface area contributed by atoms with E-state index in [1.807, 2.05) is 12.3 Å². The van der Waals surface area contributed by atoms with Crippen molar-refractivity contribution < 1.29 is 4.74 Å². The van der Waals surface area contributed by atoms with Crippen LogP contribution in [0.15, 0.2) is 24.5 Å². The Balaban J connectivity index is 1.53. The number of nitrogens with zero attached hydrogens (tertiary/aromatic N) is 1. The molecule has 3 heteroatoms. The number of aromatic amines is 1. The van der Waals surface area contributed by atoms with Gasteiger partial charge in [-0.2, -0.15) is 0 Å². The number of nitrogens with one attached hydrogen (secondary N) is 1. The fourth-order valence-electron chi connectivity index (χ4n) is 4.50. The summed E-state index contributed by atoms with van der Waals surface area (Å²) in [6, 6.07) is 4.11. The number of ether oxygens (including phenoxy) is 1. The molecule has 1 aliphatic heterocycles. The highest BCUT2D eigenvalue weighted by Crippen LogP contribution is 2.52. The largest absolute Gasteiger partial charge is 0.375 e. The van der Waals surface area contributed by atoms with Crippen LogP contribution < -0.4 is 0 Å². The smallest absolute Gasteiger partial charge is 0.0913 e. The summed E-state index contributed by atoms with van der Waals surface area (Å²) in [5, 5.41) is 0. The van der Waals surface area contributed by atoms with Crippen LogP contribution >= 0.6 is 0 Å². The summed E-state index contributed by atoms with van der Waals surface area (Å²) in [6.45, 7) is 5.42. The van der Waals surface area contributed by atoms with Gasteiger partial charge in [-0.1, -0.05) is 0 Å². The lowest BCUT2D eigenvalue weighted by Crippen LogP contribution is -2.28. The third kappa shape index (κ3) is 2.28. The van der Waals surface area contributed by atoms with Crippen LogP contribution in [0.5, 0.6) is 0 Å². The monoisotopic (exact) mass is 284 g/mol. The van der Waals surface area contributed by atoms with Crippen molar-refractivity contribution in [2.75, 3.05) is 6.61 Å². The van der Waals surface area contributed by atoms with Crippen LogP contribution in [0.25, 0.3) is 11.0 Å². The number of pyridine rings is 1. The topological polar surface area (TPSA) is 37.9 Å². The molecule has 0 amide bonds. The molecule has 2 aromatic rings. The molecule has 0 bridgehead atoms. The first-order valence-electron chi connectivity index (χ1n) is 8.13. The zero-order valence-electron chi connectivity index (χ0n) is 13.0. The average molecular weight is 284 g/mol. The van der Waals surface area contributed by atoms with E-state index in [2.05, 4.69) is 36.1 Å². The second kappa shape index (κ2) is 4.57. The van der Waals surface area contributed by atoms with Crippen LogP contribution in [0.4, 0.5) is 0 Å². The maximum Gasteiger partial charge on any atom is 0.0913 e. The van der Waals surface area contributed by atoms with Crippen LogP contribution in [0, 0.1) is 5.41 Å². The molecule has 4 rings (SSSR count). The Morgan fingerprint density at radius 2 is 2.10 bits per heavy atom. The molecule has 0 unspecified atom stereocenters. The van der Waals surface area contributed by atoms with Crippen molar-refractivity contribution in [3.63, 3.8) is 0 Å². The van der Waals surface area contributed by atoms with Gasteiger partial charge in [0.2, 0.25) is 0 Å². The minimum Gasteiger partial charge on any atom is -0.375 e. The fourth-order valence-corrected chi connectivity index (χ4v) is 4.50. The van der Waals surface area contributed by atoms with E-state index in [1.54, 1.807) is 0 Å². The standard InChI is InChI=1S/C18H24N2O/c1-17(2)11-18(12-21-17)7-5-13(6-8-18)14-10-20-15-4-3-9-19-16(14)15/h3-4,9-10,13,20H,5-8,11-12H2,1-2H3. The zero-order valence-corrected chi connectivity index (χ0v) is 13.0. The van der Waals surface area contributed by atoms with Gasteiger partial charge in [0.15, 0.2) is 0 Å². The third-order valence-electron chi connectivity index (χ3n) is 5.52. The zero-order chi connectivity index (χ0) is 14.5. The first-order chi connectivity index (χ1) is 10.1. The molecule has 3 nitrogen and oxygen atoms in total. The van der Waals surface area contributed by atoms with Crippen molar-refractivity contribution in [3.8, 4) is 0 Å². The molecule has 1 aliphatic carbocycles. The number of fused-ring (bicyclic) bond motifs is 1. The molecule has 3 heterocycles. The summed E-state index contributed by atoms with van der Waals surface area (Å²) >= 11 is 0. The van der Waals surface area contributed by atoms with E-state index in [0.717, 1.165) is 12.1 Å². The number of rotatable bonds is 1. The van der Waals surface area contributed by atoms with Crippen LogP contribution in [0.2, 0.25) is 0 Å². The Bertz CT molecular complexity index is 650. The van der Waals surface area contributed by atoms with Crippen molar-refractivity contribution in [1.29, 1.82) is 0 Å². The molecule has 0 aromatic carbocycles. The second-order valence-electron chi connectivity index (χ2n) is 7.64. The minimum absolute atomic E-state index is 0.0785. The van der Waals surface area contributed by atoms with Crippen LogP contribution in [0.1, 0.15) is 57.4 Å². The molecule has 2 fully saturated rings. The molecule has 112 valence electrons. The summed E-state index contributed by atoms with van der Waals surface area (Å²) in [5.41, 5.74) is 4.27. The first-order valence-corrected chi connectivity index (χ1v) is 8.13. The van der Waals surface area contributed by atoms with E-state index >= 15 is 0 Å². The maximum absolute atomic E-state index is 6.01. The highest BCUT2D eigenvalue weighted by atomic mass is 16.5. The average Bonchev–Trinajstić information content (AvgIpc) is 3.02. The second-order valence-corrected chi connectivity index (χ2v) is 7.64. The quantitative estimate of drug-likeness (QED) is 0.842. The molecule has 2 aliphatic rings. The van der Waals surface area contributed by atoms with Crippen molar-refractivity contribution in [3.05, 3.63) is 30.1 Å². The normalized spacial score (nSPS) is 32.0. The SMILES string of the molecule is CC1(C)CC2(CCC(c3c[nH]c4cccnc34)CC2)CO1. The molecule has 1 N–H and O–H groups in total. The molecule has 1 saturated heterocycles. The lowest BCUT2D eigenvalue weighted by Gasteiger charge is -2.36. The number of aromatic nitrogens is 2. The molecule has 0 atom stereocenters. The summed E-state index contributed by atoms with van der Waals surface area (Å²) in [5.74, 6) is 0.656. The molecule has 2 aromatic heterocycles. The summed E-state index contributed by atoms with van der Waals surface area (Å²) in [6.07, 6.45) is 10.4. The van der Waals surface area contributed by atoms with Gasteiger partial charge in [0.1, 0.15) is 0 Å². The minimum atomic E-state index is 0.0785. The van der Waals surface area contributed by atoms with Gasteiger partial charge in [-0.3, -0.25) is 4.98 Å². The van der Waals surface area contributed by atoms with Gasteiger partial charge in [-0.05, 0) is 75.0 Å². The number of hydrogen-bond donors (Lipinski definition) is 1. The molecular weight excluding hydrogens is 260 g/mol. The molecule has 0 radical (unpaired) electrons. The van der Waals surface area contributed by atoms with Gasteiger partial charge in [0.05, 0.1) is 23.2 Å². The highest BCUT2D eigenvalue weighted by Gasteiger charge is 2.46. The van der Waals surface area contributed by atoms with E-state index in [0.29, 0.717) is 11.3 Å². The van der Waals surface area contributed by atoms with Gasteiger partial charge < -0.3 is 9.72 Å². The predicted octanol–water partition coefficient (Wildman–Crippen LogP) is 4.41. The summed E-state index contributed by atoms with van der Waals surface area (Å²) < 4.78 is 6.01.